The Morgan fingerprint density at radius 3 is 2.42 bits per heavy atom. The van der Waals surface area contributed by atoms with Crippen LogP contribution in [0.2, 0.25) is 0 Å². The summed E-state index contributed by atoms with van der Waals surface area (Å²) in [6.45, 7) is 0. The maximum atomic E-state index is 5.12. The van der Waals surface area contributed by atoms with Gasteiger partial charge in [0, 0.05) is 6.07 Å². The van der Waals surface area contributed by atoms with Crippen LogP contribution in [0.15, 0.2) is 6.07 Å². The van der Waals surface area contributed by atoms with Crippen molar-refractivity contribution in [1.29, 1.82) is 0 Å². The molecule has 0 aliphatic carbocycles. The monoisotopic (exact) mass is 391 g/mol. The van der Waals surface area contributed by atoms with Gasteiger partial charge in [-0.05, 0) is 45.2 Å². The average molecular weight is 391 g/mol. The van der Waals surface area contributed by atoms with E-state index in [1.54, 1.807) is 14.2 Å². The Morgan fingerprint density at radius 1 is 1.25 bits per heavy atom. The molecule has 0 aliphatic rings. The fraction of sp³-hybridized carbons (Fsp3) is 0.286. The Labute approximate surface area is 98.1 Å². The van der Waals surface area contributed by atoms with Crippen LogP contribution in [-0.2, 0) is 0 Å². The summed E-state index contributed by atoms with van der Waals surface area (Å²) in [6.07, 6.45) is 0. The van der Waals surface area contributed by atoms with E-state index in [0.717, 1.165) is 13.2 Å². The predicted molar refractivity (Wildman–Crippen MR) is 62.8 cm³/mol. The van der Waals surface area contributed by atoms with Crippen LogP contribution in [0.25, 0.3) is 0 Å². The van der Waals surface area contributed by atoms with Crippen molar-refractivity contribution in [3.8, 4) is 11.5 Å². The lowest BCUT2D eigenvalue weighted by atomic mass is 10.4. The third-order valence-electron chi connectivity index (χ3n) is 1.29. The molecule has 0 radical (unpaired) electrons. The third-order valence-corrected chi connectivity index (χ3v) is 2.57. The maximum absolute atomic E-state index is 5.12. The molecule has 1 aromatic rings. The van der Waals surface area contributed by atoms with E-state index >= 15 is 0 Å². The number of hydrogen-bond donors (Lipinski definition) is 0. The summed E-state index contributed by atoms with van der Waals surface area (Å²) in [4.78, 5) is 4.22. The minimum atomic E-state index is 0.693. The molecule has 1 rings (SSSR count). The van der Waals surface area contributed by atoms with Crippen molar-refractivity contribution in [2.24, 2.45) is 0 Å². The van der Waals surface area contributed by atoms with Gasteiger partial charge in [0.05, 0.1) is 14.2 Å². The van der Waals surface area contributed by atoms with Gasteiger partial charge in [-0.25, -0.2) is 4.98 Å². The first-order chi connectivity index (χ1) is 5.69. The van der Waals surface area contributed by atoms with E-state index in [1.165, 1.54) is 0 Å². The fourth-order valence-electron chi connectivity index (χ4n) is 0.789. The summed E-state index contributed by atoms with van der Waals surface area (Å²) in [7, 11) is 3.22. The molecule has 0 saturated carbocycles. The first-order valence-corrected chi connectivity index (χ1v) is 5.28. The number of ether oxygens (including phenoxy) is 2. The van der Waals surface area contributed by atoms with E-state index in [1.807, 2.05) is 6.07 Å². The second kappa shape index (κ2) is 4.45. The topological polar surface area (TPSA) is 31.4 Å². The Morgan fingerprint density at radius 2 is 1.92 bits per heavy atom. The lowest BCUT2D eigenvalue weighted by molar-refractivity contribution is 0.350. The molecule has 0 fully saturated rings. The summed E-state index contributed by atoms with van der Waals surface area (Å²) < 4.78 is 12.0. The van der Waals surface area contributed by atoms with E-state index in [2.05, 4.69) is 50.2 Å². The van der Waals surface area contributed by atoms with Crippen LogP contribution in [0.5, 0.6) is 11.5 Å². The van der Waals surface area contributed by atoms with Crippen molar-refractivity contribution < 1.29 is 9.47 Å². The highest BCUT2D eigenvalue weighted by atomic mass is 127. The quantitative estimate of drug-likeness (QED) is 0.573. The largest absolute Gasteiger partial charge is 0.493 e. The third kappa shape index (κ3) is 2.12. The molecule has 0 aliphatic heterocycles. The Kier molecular flexibility index (Phi) is 3.81. The Hall–Kier alpha value is 0.210. The highest BCUT2D eigenvalue weighted by Gasteiger charge is 2.09. The molecule has 66 valence electrons. The number of halogens is 2. The molecule has 0 bridgehead atoms. The van der Waals surface area contributed by atoms with Crippen molar-refractivity contribution in [3.05, 3.63) is 13.5 Å². The van der Waals surface area contributed by atoms with Gasteiger partial charge in [0.25, 0.3) is 0 Å². The van der Waals surface area contributed by atoms with Gasteiger partial charge in [-0.2, -0.15) is 0 Å². The first-order valence-electron chi connectivity index (χ1n) is 3.13. The number of aromatic nitrogens is 1. The molecule has 0 amide bonds. The molecule has 1 heterocycles. The minimum absolute atomic E-state index is 0.693. The van der Waals surface area contributed by atoms with Gasteiger partial charge in [-0.3, -0.25) is 0 Å². The predicted octanol–water partition coefficient (Wildman–Crippen LogP) is 2.31. The number of methoxy groups -OCH3 is 2. The van der Waals surface area contributed by atoms with Crippen LogP contribution < -0.4 is 9.47 Å². The summed E-state index contributed by atoms with van der Waals surface area (Å²) in [6, 6.07) is 1.83. The standard InChI is InChI=1S/C7H7I2NO2/c1-11-4-3-5(8)10-7(9)6(4)12-2/h3H,1-2H3. The number of rotatable bonds is 2. The molecule has 0 saturated heterocycles. The highest BCUT2D eigenvalue weighted by Crippen LogP contribution is 2.31. The molecule has 0 atom stereocenters. The summed E-state index contributed by atoms with van der Waals surface area (Å²) in [5.41, 5.74) is 0. The molecule has 0 aromatic carbocycles. The lowest BCUT2D eigenvalue weighted by Gasteiger charge is -2.08. The van der Waals surface area contributed by atoms with Crippen LogP contribution in [0.4, 0.5) is 0 Å². The normalized spacial score (nSPS) is 9.67. The van der Waals surface area contributed by atoms with Gasteiger partial charge in [-0.15, -0.1) is 0 Å². The van der Waals surface area contributed by atoms with Gasteiger partial charge in [0.2, 0.25) is 0 Å². The smallest absolute Gasteiger partial charge is 0.192 e. The molecule has 3 nitrogen and oxygen atoms in total. The fourth-order valence-corrected chi connectivity index (χ4v) is 2.52. The van der Waals surface area contributed by atoms with E-state index in [9.17, 15) is 0 Å². The average Bonchev–Trinajstić information content (AvgIpc) is 2.03. The number of hydrogen-bond acceptors (Lipinski definition) is 3. The van der Waals surface area contributed by atoms with Crippen LogP contribution in [0.1, 0.15) is 0 Å². The van der Waals surface area contributed by atoms with Crippen molar-refractivity contribution in [2.75, 3.05) is 14.2 Å². The number of nitrogens with zero attached hydrogens (tertiary/aromatic N) is 1. The van der Waals surface area contributed by atoms with Crippen LogP contribution in [0, 0.1) is 7.40 Å². The second-order valence-corrected chi connectivity index (χ2v) is 4.10. The van der Waals surface area contributed by atoms with E-state index in [4.69, 9.17) is 9.47 Å². The van der Waals surface area contributed by atoms with E-state index in [-0.39, 0.29) is 0 Å². The van der Waals surface area contributed by atoms with Crippen LogP contribution in [-0.4, -0.2) is 19.2 Å². The van der Waals surface area contributed by atoms with Crippen molar-refractivity contribution >= 4 is 45.2 Å². The molecular formula is C7H7I2NO2. The van der Waals surface area contributed by atoms with Gasteiger partial charge in [-0.1, -0.05) is 0 Å². The SMILES string of the molecule is COc1cc(I)nc(I)c1OC. The summed E-state index contributed by atoms with van der Waals surface area (Å²) in [5.74, 6) is 1.42. The molecule has 0 spiro atoms. The van der Waals surface area contributed by atoms with Gasteiger partial charge >= 0.3 is 0 Å². The van der Waals surface area contributed by atoms with E-state index in [0.29, 0.717) is 5.75 Å². The molecule has 0 unspecified atom stereocenters. The minimum Gasteiger partial charge on any atom is -0.493 e. The van der Waals surface area contributed by atoms with Crippen molar-refractivity contribution in [1.82, 2.24) is 4.98 Å². The Bertz CT molecular complexity index is 291. The zero-order valence-electron chi connectivity index (χ0n) is 6.60. The highest BCUT2D eigenvalue weighted by molar-refractivity contribution is 14.1. The lowest BCUT2D eigenvalue weighted by Crippen LogP contribution is -1.96. The van der Waals surface area contributed by atoms with Crippen molar-refractivity contribution in [2.45, 2.75) is 0 Å². The molecule has 0 N–H and O–H groups in total. The second-order valence-electron chi connectivity index (χ2n) is 1.97. The summed E-state index contributed by atoms with van der Waals surface area (Å²) >= 11 is 4.25. The van der Waals surface area contributed by atoms with Crippen LogP contribution >= 0.6 is 45.2 Å². The Balaban J connectivity index is 3.24. The first kappa shape index (κ1) is 10.3. The molecular weight excluding hydrogens is 384 g/mol. The zero-order chi connectivity index (χ0) is 9.14. The van der Waals surface area contributed by atoms with Gasteiger partial charge in [0.15, 0.2) is 11.5 Å². The van der Waals surface area contributed by atoms with Crippen molar-refractivity contribution in [3.63, 3.8) is 0 Å². The van der Waals surface area contributed by atoms with Gasteiger partial charge in [0.1, 0.15) is 7.40 Å². The number of pyridine rings is 1. The maximum Gasteiger partial charge on any atom is 0.192 e. The molecule has 1 aromatic heterocycles. The molecule has 12 heavy (non-hydrogen) atoms. The van der Waals surface area contributed by atoms with Gasteiger partial charge < -0.3 is 9.47 Å². The summed E-state index contributed by atoms with van der Waals surface area (Å²) in [5, 5.41) is 0. The van der Waals surface area contributed by atoms with E-state index < -0.39 is 0 Å². The zero-order valence-corrected chi connectivity index (χ0v) is 10.9. The van der Waals surface area contributed by atoms with Crippen LogP contribution in [0.3, 0.4) is 0 Å². The molecule has 5 heteroatoms.